The monoisotopic (exact) mass is 388 g/mol. The second-order valence-corrected chi connectivity index (χ2v) is 7.64. The van der Waals surface area contributed by atoms with E-state index in [0.717, 1.165) is 38.4 Å². The van der Waals surface area contributed by atoms with Crippen molar-refractivity contribution in [3.05, 3.63) is 72.2 Å². The Hall–Kier alpha value is -3.12. The highest BCUT2D eigenvalue weighted by Crippen LogP contribution is 2.31. The van der Waals surface area contributed by atoms with Crippen LogP contribution in [0.3, 0.4) is 0 Å². The molecule has 140 valence electrons. The van der Waals surface area contributed by atoms with Crippen molar-refractivity contribution < 1.29 is 4.79 Å². The summed E-state index contributed by atoms with van der Waals surface area (Å²) < 4.78 is 0. The number of aromatic amines is 1. The Labute approximate surface area is 167 Å². The zero-order valence-electron chi connectivity index (χ0n) is 15.7. The molecule has 4 rings (SSSR count). The average Bonchev–Trinajstić information content (AvgIpc) is 3.11. The van der Waals surface area contributed by atoms with E-state index in [9.17, 15) is 4.79 Å². The molecule has 6 heteroatoms. The molecule has 0 spiro atoms. The first-order valence-electron chi connectivity index (χ1n) is 8.98. The van der Waals surface area contributed by atoms with Crippen molar-refractivity contribution in [3.8, 4) is 11.1 Å². The standard InChI is InChI=1S/C22H20N4OS/c1-14-5-3-7-16(9-14)18-11-23-21-20(18)24-13-25-22(21)28-12-19(27)26-17-8-4-6-15(2)10-17/h3-11,13,23H,12H2,1-2H3,(H,26,27). The summed E-state index contributed by atoms with van der Waals surface area (Å²) in [4.78, 5) is 24.4. The molecule has 0 saturated heterocycles. The van der Waals surface area contributed by atoms with Crippen molar-refractivity contribution in [1.82, 2.24) is 15.0 Å². The summed E-state index contributed by atoms with van der Waals surface area (Å²) in [6.45, 7) is 4.07. The van der Waals surface area contributed by atoms with E-state index in [0.29, 0.717) is 0 Å². The predicted octanol–water partition coefficient (Wildman–Crippen LogP) is 4.97. The predicted molar refractivity (Wildman–Crippen MR) is 115 cm³/mol. The van der Waals surface area contributed by atoms with Gasteiger partial charge in [-0.1, -0.05) is 53.7 Å². The van der Waals surface area contributed by atoms with E-state index >= 15 is 0 Å². The normalized spacial score (nSPS) is 10.9. The summed E-state index contributed by atoms with van der Waals surface area (Å²) in [6.07, 6.45) is 3.50. The molecule has 0 fully saturated rings. The zero-order valence-corrected chi connectivity index (χ0v) is 16.5. The van der Waals surface area contributed by atoms with Crippen LogP contribution in [0.5, 0.6) is 0 Å². The number of carbonyl (C=O) groups excluding carboxylic acids is 1. The Morgan fingerprint density at radius 3 is 2.64 bits per heavy atom. The van der Waals surface area contributed by atoms with Crippen LogP contribution in [-0.4, -0.2) is 26.6 Å². The molecule has 4 aromatic rings. The van der Waals surface area contributed by atoms with Crippen molar-refractivity contribution in [2.45, 2.75) is 18.9 Å². The molecule has 0 aliphatic carbocycles. The maximum Gasteiger partial charge on any atom is 0.234 e. The number of nitrogens with zero attached hydrogens (tertiary/aromatic N) is 2. The molecule has 0 aliphatic rings. The Kier molecular flexibility index (Phi) is 5.12. The number of fused-ring (bicyclic) bond motifs is 1. The van der Waals surface area contributed by atoms with Gasteiger partial charge in [-0.3, -0.25) is 4.79 Å². The summed E-state index contributed by atoms with van der Waals surface area (Å²) in [5.74, 6) is 0.214. The summed E-state index contributed by atoms with van der Waals surface area (Å²) >= 11 is 1.40. The van der Waals surface area contributed by atoms with Crippen LogP contribution >= 0.6 is 11.8 Å². The van der Waals surface area contributed by atoms with E-state index < -0.39 is 0 Å². The third-order valence-electron chi connectivity index (χ3n) is 4.40. The molecule has 0 atom stereocenters. The molecule has 2 aromatic carbocycles. The molecular formula is C22H20N4OS. The molecule has 0 aliphatic heterocycles. The van der Waals surface area contributed by atoms with Gasteiger partial charge in [-0.05, 0) is 37.1 Å². The Morgan fingerprint density at radius 2 is 1.86 bits per heavy atom. The third-order valence-corrected chi connectivity index (χ3v) is 5.39. The second-order valence-electron chi connectivity index (χ2n) is 6.68. The number of nitrogens with one attached hydrogen (secondary N) is 2. The smallest absolute Gasteiger partial charge is 0.234 e. The second kappa shape index (κ2) is 7.86. The number of anilines is 1. The van der Waals surface area contributed by atoms with E-state index in [1.165, 1.54) is 17.3 Å². The highest BCUT2D eigenvalue weighted by atomic mass is 32.2. The highest BCUT2D eigenvalue weighted by molar-refractivity contribution is 8.00. The van der Waals surface area contributed by atoms with Crippen LogP contribution in [-0.2, 0) is 4.79 Å². The Balaban J connectivity index is 1.52. The van der Waals surface area contributed by atoms with Gasteiger partial charge < -0.3 is 10.3 Å². The fourth-order valence-corrected chi connectivity index (χ4v) is 3.87. The number of aromatic nitrogens is 3. The number of rotatable bonds is 5. The van der Waals surface area contributed by atoms with Crippen LogP contribution in [0.25, 0.3) is 22.2 Å². The van der Waals surface area contributed by atoms with Gasteiger partial charge in [0.05, 0.1) is 11.3 Å². The number of aryl methyl sites for hydroxylation is 2. The maximum atomic E-state index is 12.3. The molecule has 5 nitrogen and oxygen atoms in total. The van der Waals surface area contributed by atoms with Gasteiger partial charge in [-0.25, -0.2) is 9.97 Å². The minimum absolute atomic E-state index is 0.0622. The topological polar surface area (TPSA) is 70.7 Å². The number of thioether (sulfide) groups is 1. The van der Waals surface area contributed by atoms with Gasteiger partial charge in [0.25, 0.3) is 0 Å². The van der Waals surface area contributed by atoms with Gasteiger partial charge in [-0.2, -0.15) is 0 Å². The van der Waals surface area contributed by atoms with Gasteiger partial charge in [0.15, 0.2) is 0 Å². The van der Waals surface area contributed by atoms with Crippen LogP contribution in [0.15, 0.2) is 66.1 Å². The first-order chi connectivity index (χ1) is 13.6. The van der Waals surface area contributed by atoms with Crippen LogP contribution < -0.4 is 5.32 Å². The van der Waals surface area contributed by atoms with Gasteiger partial charge in [0.2, 0.25) is 5.91 Å². The minimum Gasteiger partial charge on any atom is -0.357 e. The van der Waals surface area contributed by atoms with E-state index in [4.69, 9.17) is 0 Å². The first kappa shape index (κ1) is 18.3. The molecular weight excluding hydrogens is 368 g/mol. The first-order valence-corrected chi connectivity index (χ1v) is 9.97. The lowest BCUT2D eigenvalue weighted by atomic mass is 10.1. The number of hydrogen-bond donors (Lipinski definition) is 2. The zero-order chi connectivity index (χ0) is 19.5. The van der Waals surface area contributed by atoms with Crippen molar-refractivity contribution in [2.24, 2.45) is 0 Å². The lowest BCUT2D eigenvalue weighted by Gasteiger charge is -2.06. The molecule has 0 unspecified atom stereocenters. The summed E-state index contributed by atoms with van der Waals surface area (Å²) in [6, 6.07) is 16.1. The van der Waals surface area contributed by atoms with E-state index in [1.807, 2.05) is 43.5 Å². The van der Waals surface area contributed by atoms with Crippen molar-refractivity contribution in [2.75, 3.05) is 11.1 Å². The van der Waals surface area contributed by atoms with Gasteiger partial charge in [-0.15, -0.1) is 0 Å². The van der Waals surface area contributed by atoms with Crippen LogP contribution in [0.2, 0.25) is 0 Å². The summed E-state index contributed by atoms with van der Waals surface area (Å²) in [5.41, 5.74) is 6.97. The molecule has 28 heavy (non-hydrogen) atoms. The molecule has 1 amide bonds. The number of amides is 1. The highest BCUT2D eigenvalue weighted by Gasteiger charge is 2.13. The SMILES string of the molecule is Cc1cccc(NC(=O)CSc2ncnc3c(-c4cccc(C)c4)c[nH]c23)c1. The van der Waals surface area contributed by atoms with Crippen LogP contribution in [0.1, 0.15) is 11.1 Å². The fraction of sp³-hybridized carbons (Fsp3) is 0.136. The van der Waals surface area contributed by atoms with Crippen LogP contribution in [0, 0.1) is 13.8 Å². The van der Waals surface area contributed by atoms with Crippen molar-refractivity contribution in [1.29, 1.82) is 0 Å². The summed E-state index contributed by atoms with van der Waals surface area (Å²) in [5, 5.41) is 3.69. The van der Waals surface area contributed by atoms with E-state index in [2.05, 4.69) is 45.4 Å². The fourth-order valence-electron chi connectivity index (χ4n) is 3.11. The minimum atomic E-state index is -0.0622. The number of hydrogen-bond acceptors (Lipinski definition) is 4. The van der Waals surface area contributed by atoms with Crippen LogP contribution in [0.4, 0.5) is 5.69 Å². The summed E-state index contributed by atoms with van der Waals surface area (Å²) in [7, 11) is 0. The van der Waals surface area contributed by atoms with Crippen molar-refractivity contribution >= 4 is 34.4 Å². The third kappa shape index (κ3) is 3.92. The van der Waals surface area contributed by atoms with E-state index in [1.54, 1.807) is 6.33 Å². The quantitative estimate of drug-likeness (QED) is 0.374. The number of benzene rings is 2. The molecule has 2 N–H and O–H groups in total. The van der Waals surface area contributed by atoms with Gasteiger partial charge in [0.1, 0.15) is 16.9 Å². The Morgan fingerprint density at radius 1 is 1.07 bits per heavy atom. The molecule has 0 bridgehead atoms. The van der Waals surface area contributed by atoms with Gasteiger partial charge in [0, 0.05) is 17.4 Å². The molecule has 0 saturated carbocycles. The van der Waals surface area contributed by atoms with Crippen molar-refractivity contribution in [3.63, 3.8) is 0 Å². The maximum absolute atomic E-state index is 12.3. The Bertz CT molecular complexity index is 1150. The number of carbonyl (C=O) groups is 1. The molecule has 2 aromatic heterocycles. The largest absolute Gasteiger partial charge is 0.357 e. The molecule has 0 radical (unpaired) electrons. The van der Waals surface area contributed by atoms with Gasteiger partial charge >= 0.3 is 0 Å². The average molecular weight is 388 g/mol. The number of H-pyrrole nitrogens is 1. The molecule has 2 heterocycles. The lowest BCUT2D eigenvalue weighted by molar-refractivity contribution is -0.113. The van der Waals surface area contributed by atoms with E-state index in [-0.39, 0.29) is 11.7 Å². The lowest BCUT2D eigenvalue weighted by Crippen LogP contribution is -2.14.